The van der Waals surface area contributed by atoms with E-state index in [1.54, 1.807) is 6.20 Å². The summed E-state index contributed by atoms with van der Waals surface area (Å²) in [6.45, 7) is 6.75. The normalized spacial score (nSPS) is 17.2. The van der Waals surface area contributed by atoms with Gasteiger partial charge in [-0.05, 0) is 32.0 Å². The highest BCUT2D eigenvalue weighted by Gasteiger charge is 2.21. The van der Waals surface area contributed by atoms with Gasteiger partial charge in [-0.25, -0.2) is 14.8 Å². The molecule has 25 heavy (non-hydrogen) atoms. The number of urea groups is 1. The highest BCUT2D eigenvalue weighted by molar-refractivity contribution is 5.89. The largest absolute Gasteiger partial charge is 0.377 e. The summed E-state index contributed by atoms with van der Waals surface area (Å²) in [4.78, 5) is 22.8. The molecular weight excluding hydrogens is 318 g/mol. The fourth-order valence-electron chi connectivity index (χ4n) is 2.73. The summed E-state index contributed by atoms with van der Waals surface area (Å²) in [5.41, 5.74) is 2.57. The Morgan fingerprint density at radius 1 is 1.32 bits per heavy atom. The van der Waals surface area contributed by atoms with E-state index >= 15 is 0 Å². The summed E-state index contributed by atoms with van der Waals surface area (Å²) in [6.07, 6.45) is 1.78. The third-order valence-corrected chi connectivity index (χ3v) is 4.04. The zero-order chi connectivity index (χ0) is 17.6. The van der Waals surface area contributed by atoms with Gasteiger partial charge in [0.2, 0.25) is 5.95 Å². The summed E-state index contributed by atoms with van der Waals surface area (Å²) < 4.78 is 5.47. The van der Waals surface area contributed by atoms with Crippen molar-refractivity contribution in [1.82, 2.24) is 15.3 Å². The molecule has 1 aliphatic heterocycles. The molecule has 1 saturated heterocycles. The minimum atomic E-state index is -0.208. The van der Waals surface area contributed by atoms with Gasteiger partial charge in [0.05, 0.1) is 24.9 Å². The standard InChI is InChI=1S/C18H23N5O2/c1-3-19-18(24)21-15-6-4-14(5-7-15)16-8-9-20-17(22-16)23-10-11-25-12-13(23)2/h4-9,13H,3,10-12H2,1-2H3,(H2,19,21,24)/t13-/m0/s1. The average Bonchev–Trinajstić information content (AvgIpc) is 2.63. The predicted octanol–water partition coefficient (Wildman–Crippen LogP) is 2.51. The Morgan fingerprint density at radius 3 is 2.84 bits per heavy atom. The number of hydrogen-bond acceptors (Lipinski definition) is 5. The SMILES string of the molecule is CCNC(=O)Nc1ccc(-c2ccnc(N3CCOC[C@@H]3C)n2)cc1. The second-order valence-corrected chi connectivity index (χ2v) is 5.92. The molecule has 1 fully saturated rings. The number of morpholine rings is 1. The number of anilines is 2. The molecule has 7 nitrogen and oxygen atoms in total. The van der Waals surface area contributed by atoms with Crippen LogP contribution in [-0.2, 0) is 4.74 Å². The number of carbonyl (C=O) groups excluding carboxylic acids is 1. The maximum absolute atomic E-state index is 11.6. The van der Waals surface area contributed by atoms with Gasteiger partial charge in [0.15, 0.2) is 0 Å². The highest BCUT2D eigenvalue weighted by atomic mass is 16.5. The zero-order valence-corrected chi connectivity index (χ0v) is 14.5. The number of nitrogens with one attached hydrogen (secondary N) is 2. The molecule has 2 heterocycles. The number of carbonyl (C=O) groups is 1. The van der Waals surface area contributed by atoms with E-state index in [-0.39, 0.29) is 12.1 Å². The minimum absolute atomic E-state index is 0.208. The van der Waals surface area contributed by atoms with E-state index in [2.05, 4.69) is 27.4 Å². The number of rotatable bonds is 4. The Morgan fingerprint density at radius 2 is 2.12 bits per heavy atom. The quantitative estimate of drug-likeness (QED) is 0.893. The summed E-state index contributed by atoms with van der Waals surface area (Å²) in [7, 11) is 0. The van der Waals surface area contributed by atoms with Crippen LogP contribution in [0.3, 0.4) is 0 Å². The van der Waals surface area contributed by atoms with Gasteiger partial charge in [-0.3, -0.25) is 0 Å². The van der Waals surface area contributed by atoms with Gasteiger partial charge in [-0.1, -0.05) is 12.1 Å². The summed E-state index contributed by atoms with van der Waals surface area (Å²) >= 11 is 0. The van der Waals surface area contributed by atoms with Crippen molar-refractivity contribution in [3.05, 3.63) is 36.5 Å². The van der Waals surface area contributed by atoms with Gasteiger partial charge in [-0.2, -0.15) is 0 Å². The van der Waals surface area contributed by atoms with Gasteiger partial charge in [0.25, 0.3) is 0 Å². The average molecular weight is 341 g/mol. The van der Waals surface area contributed by atoms with E-state index in [9.17, 15) is 4.79 Å². The molecule has 0 aliphatic carbocycles. The summed E-state index contributed by atoms with van der Waals surface area (Å²) in [5, 5.41) is 5.49. The monoisotopic (exact) mass is 341 g/mol. The van der Waals surface area contributed by atoms with Crippen LogP contribution in [0.15, 0.2) is 36.5 Å². The van der Waals surface area contributed by atoms with Crippen molar-refractivity contribution in [2.45, 2.75) is 19.9 Å². The Balaban J connectivity index is 1.75. The van der Waals surface area contributed by atoms with Crippen molar-refractivity contribution in [3.8, 4) is 11.3 Å². The molecule has 2 amide bonds. The molecular formula is C18H23N5O2. The van der Waals surface area contributed by atoms with Gasteiger partial charge in [0, 0.05) is 30.5 Å². The zero-order valence-electron chi connectivity index (χ0n) is 14.5. The lowest BCUT2D eigenvalue weighted by atomic mass is 10.1. The smallest absolute Gasteiger partial charge is 0.319 e. The molecule has 2 N–H and O–H groups in total. The first-order valence-corrected chi connectivity index (χ1v) is 8.50. The van der Waals surface area contributed by atoms with Crippen molar-refractivity contribution in [1.29, 1.82) is 0 Å². The second-order valence-electron chi connectivity index (χ2n) is 5.92. The minimum Gasteiger partial charge on any atom is -0.377 e. The third kappa shape index (κ3) is 4.24. The molecule has 132 valence electrons. The topological polar surface area (TPSA) is 79.4 Å². The Labute approximate surface area is 147 Å². The van der Waals surface area contributed by atoms with E-state index in [0.29, 0.717) is 19.8 Å². The number of amides is 2. The number of nitrogens with zero attached hydrogens (tertiary/aromatic N) is 3. The van der Waals surface area contributed by atoms with Gasteiger partial charge in [0.1, 0.15) is 0 Å². The van der Waals surface area contributed by atoms with Crippen LogP contribution >= 0.6 is 0 Å². The fourth-order valence-corrected chi connectivity index (χ4v) is 2.73. The summed E-state index contributed by atoms with van der Waals surface area (Å²) in [6, 6.07) is 9.55. The van der Waals surface area contributed by atoms with Gasteiger partial charge < -0.3 is 20.3 Å². The van der Waals surface area contributed by atoms with Crippen LogP contribution < -0.4 is 15.5 Å². The van der Waals surface area contributed by atoms with E-state index in [1.807, 2.05) is 37.3 Å². The van der Waals surface area contributed by atoms with Crippen molar-refractivity contribution >= 4 is 17.7 Å². The molecule has 1 aromatic heterocycles. The first kappa shape index (κ1) is 17.2. The molecule has 1 aliphatic rings. The van der Waals surface area contributed by atoms with E-state index in [1.165, 1.54) is 0 Å². The van der Waals surface area contributed by atoms with Crippen LogP contribution in [0.5, 0.6) is 0 Å². The highest BCUT2D eigenvalue weighted by Crippen LogP contribution is 2.22. The van der Waals surface area contributed by atoms with E-state index in [0.717, 1.165) is 29.4 Å². The van der Waals surface area contributed by atoms with Crippen molar-refractivity contribution in [2.24, 2.45) is 0 Å². The molecule has 1 atom stereocenters. The molecule has 7 heteroatoms. The number of aromatic nitrogens is 2. The Hall–Kier alpha value is -2.67. The third-order valence-electron chi connectivity index (χ3n) is 4.04. The van der Waals surface area contributed by atoms with E-state index in [4.69, 9.17) is 9.72 Å². The maximum atomic E-state index is 11.6. The van der Waals surface area contributed by atoms with Gasteiger partial charge >= 0.3 is 6.03 Å². The number of benzene rings is 1. The van der Waals surface area contributed by atoms with Gasteiger partial charge in [-0.15, -0.1) is 0 Å². The number of hydrogen-bond donors (Lipinski definition) is 2. The van der Waals surface area contributed by atoms with Crippen LogP contribution in [-0.4, -0.2) is 48.3 Å². The first-order chi connectivity index (χ1) is 12.2. The molecule has 0 unspecified atom stereocenters. The molecule has 1 aromatic carbocycles. The molecule has 0 bridgehead atoms. The van der Waals surface area contributed by atoms with E-state index < -0.39 is 0 Å². The summed E-state index contributed by atoms with van der Waals surface area (Å²) in [5.74, 6) is 0.720. The van der Waals surface area contributed by atoms with Crippen LogP contribution in [0.25, 0.3) is 11.3 Å². The lowest BCUT2D eigenvalue weighted by Gasteiger charge is -2.33. The first-order valence-electron chi connectivity index (χ1n) is 8.50. The predicted molar refractivity (Wildman–Crippen MR) is 97.8 cm³/mol. The molecule has 0 radical (unpaired) electrons. The molecule has 3 rings (SSSR count). The van der Waals surface area contributed by atoms with Crippen molar-refractivity contribution in [3.63, 3.8) is 0 Å². The lowest BCUT2D eigenvalue weighted by Crippen LogP contribution is -2.44. The molecule has 2 aromatic rings. The maximum Gasteiger partial charge on any atom is 0.319 e. The van der Waals surface area contributed by atoms with Crippen LogP contribution in [0, 0.1) is 0 Å². The number of ether oxygens (including phenoxy) is 1. The van der Waals surface area contributed by atoms with Crippen LogP contribution in [0.2, 0.25) is 0 Å². The van der Waals surface area contributed by atoms with Crippen molar-refractivity contribution < 1.29 is 9.53 Å². The second kappa shape index (κ2) is 7.94. The van der Waals surface area contributed by atoms with Crippen LogP contribution in [0.1, 0.15) is 13.8 Å². The Bertz CT molecular complexity index is 720. The van der Waals surface area contributed by atoms with Crippen LogP contribution in [0.4, 0.5) is 16.4 Å². The molecule has 0 saturated carbocycles. The molecule has 0 spiro atoms. The van der Waals surface area contributed by atoms with Crippen molar-refractivity contribution in [2.75, 3.05) is 36.5 Å². The Kier molecular flexibility index (Phi) is 5.45. The lowest BCUT2D eigenvalue weighted by molar-refractivity contribution is 0.0981. The fraction of sp³-hybridized carbons (Fsp3) is 0.389.